The molecule has 0 radical (unpaired) electrons. The molecule has 19 heavy (non-hydrogen) atoms. The summed E-state index contributed by atoms with van der Waals surface area (Å²) in [4.78, 5) is 12.9. The van der Waals surface area contributed by atoms with E-state index in [1.54, 1.807) is 24.3 Å². The van der Waals surface area contributed by atoms with Crippen LogP contribution in [0.1, 0.15) is 20.1 Å². The maximum Gasteiger partial charge on any atom is 0.250 e. The molecule has 0 saturated carbocycles. The van der Waals surface area contributed by atoms with Crippen LogP contribution in [-0.2, 0) is 6.54 Å². The van der Waals surface area contributed by atoms with Gasteiger partial charge in [0.15, 0.2) is 0 Å². The average molecular weight is 292 g/mol. The SMILES string of the molecule is N#Cc1ccc(CNc2ccc(Cl)c(C(N)=O)c2)s1. The van der Waals surface area contributed by atoms with Gasteiger partial charge in [0.05, 0.1) is 10.6 Å². The number of anilines is 1. The first-order valence-electron chi connectivity index (χ1n) is 5.42. The van der Waals surface area contributed by atoms with Crippen LogP contribution in [0.5, 0.6) is 0 Å². The van der Waals surface area contributed by atoms with Crippen molar-refractivity contribution in [2.75, 3.05) is 5.32 Å². The molecule has 1 aromatic heterocycles. The number of carbonyl (C=O) groups is 1. The molecule has 96 valence electrons. The summed E-state index contributed by atoms with van der Waals surface area (Å²) in [6, 6.07) is 10.8. The van der Waals surface area contributed by atoms with E-state index in [-0.39, 0.29) is 5.56 Å². The highest BCUT2D eigenvalue weighted by atomic mass is 35.5. The van der Waals surface area contributed by atoms with Gasteiger partial charge in [0.2, 0.25) is 5.91 Å². The second-order valence-corrected chi connectivity index (χ2v) is 5.37. The summed E-state index contributed by atoms with van der Waals surface area (Å²) < 4.78 is 0. The molecular formula is C13H10ClN3OS. The molecule has 1 heterocycles. The average Bonchev–Trinajstić information content (AvgIpc) is 2.85. The number of carbonyl (C=O) groups excluding carboxylic acids is 1. The summed E-state index contributed by atoms with van der Waals surface area (Å²) in [6.07, 6.45) is 0. The fourth-order valence-corrected chi connectivity index (χ4v) is 2.50. The van der Waals surface area contributed by atoms with Gasteiger partial charge in [-0.3, -0.25) is 4.79 Å². The van der Waals surface area contributed by atoms with Crippen molar-refractivity contribution in [1.29, 1.82) is 5.26 Å². The van der Waals surface area contributed by atoms with Gasteiger partial charge in [-0.25, -0.2) is 0 Å². The quantitative estimate of drug-likeness (QED) is 0.909. The normalized spacial score (nSPS) is 9.89. The van der Waals surface area contributed by atoms with Gasteiger partial charge in [-0.15, -0.1) is 11.3 Å². The van der Waals surface area contributed by atoms with Crippen LogP contribution in [0.2, 0.25) is 5.02 Å². The molecule has 0 aliphatic rings. The number of hydrogen-bond acceptors (Lipinski definition) is 4. The van der Waals surface area contributed by atoms with E-state index >= 15 is 0 Å². The number of thiophene rings is 1. The Morgan fingerprint density at radius 2 is 2.21 bits per heavy atom. The van der Waals surface area contributed by atoms with Crippen molar-refractivity contribution in [1.82, 2.24) is 0 Å². The number of halogens is 1. The number of nitrogens with zero attached hydrogens (tertiary/aromatic N) is 1. The minimum Gasteiger partial charge on any atom is -0.380 e. The van der Waals surface area contributed by atoms with Crippen molar-refractivity contribution < 1.29 is 4.79 Å². The lowest BCUT2D eigenvalue weighted by Crippen LogP contribution is -2.12. The van der Waals surface area contributed by atoms with Gasteiger partial charge < -0.3 is 11.1 Å². The third-order valence-corrected chi connectivity index (χ3v) is 3.79. The zero-order valence-electron chi connectivity index (χ0n) is 9.81. The largest absolute Gasteiger partial charge is 0.380 e. The van der Waals surface area contributed by atoms with E-state index < -0.39 is 5.91 Å². The van der Waals surface area contributed by atoms with E-state index in [9.17, 15) is 4.79 Å². The maximum atomic E-state index is 11.2. The predicted molar refractivity (Wildman–Crippen MR) is 76.3 cm³/mol. The van der Waals surface area contributed by atoms with Crippen LogP contribution in [0.4, 0.5) is 5.69 Å². The first kappa shape index (κ1) is 13.4. The molecule has 3 N–H and O–H groups in total. The number of nitrogens with one attached hydrogen (secondary N) is 1. The van der Waals surface area contributed by atoms with E-state index in [2.05, 4.69) is 11.4 Å². The first-order valence-corrected chi connectivity index (χ1v) is 6.61. The van der Waals surface area contributed by atoms with E-state index in [4.69, 9.17) is 22.6 Å². The molecular weight excluding hydrogens is 282 g/mol. The van der Waals surface area contributed by atoms with Crippen LogP contribution >= 0.6 is 22.9 Å². The van der Waals surface area contributed by atoms with E-state index in [0.29, 0.717) is 16.4 Å². The number of hydrogen-bond donors (Lipinski definition) is 2. The van der Waals surface area contributed by atoms with E-state index in [1.807, 2.05) is 6.07 Å². The van der Waals surface area contributed by atoms with Crippen molar-refractivity contribution in [2.24, 2.45) is 5.73 Å². The van der Waals surface area contributed by atoms with Crippen molar-refractivity contribution >= 4 is 34.5 Å². The number of amides is 1. The Balaban J connectivity index is 2.09. The lowest BCUT2D eigenvalue weighted by Gasteiger charge is -2.07. The highest BCUT2D eigenvalue weighted by Crippen LogP contribution is 2.22. The first-order chi connectivity index (χ1) is 9.10. The molecule has 0 unspecified atom stereocenters. The second-order valence-electron chi connectivity index (χ2n) is 3.79. The topological polar surface area (TPSA) is 78.9 Å². The van der Waals surface area contributed by atoms with Crippen LogP contribution in [0.25, 0.3) is 0 Å². The van der Waals surface area contributed by atoms with Crippen molar-refractivity contribution in [3.63, 3.8) is 0 Å². The van der Waals surface area contributed by atoms with Gasteiger partial charge in [-0.2, -0.15) is 5.26 Å². The third-order valence-electron chi connectivity index (χ3n) is 2.47. The third kappa shape index (κ3) is 3.25. The fourth-order valence-electron chi connectivity index (χ4n) is 1.55. The highest BCUT2D eigenvalue weighted by Gasteiger charge is 2.07. The smallest absolute Gasteiger partial charge is 0.250 e. The lowest BCUT2D eigenvalue weighted by molar-refractivity contribution is 0.100. The van der Waals surface area contributed by atoms with Gasteiger partial charge in [0, 0.05) is 17.1 Å². The summed E-state index contributed by atoms with van der Waals surface area (Å²) in [5.74, 6) is -0.559. The monoisotopic (exact) mass is 291 g/mol. The maximum absolute atomic E-state index is 11.2. The van der Waals surface area contributed by atoms with E-state index in [1.165, 1.54) is 11.3 Å². The summed E-state index contributed by atoms with van der Waals surface area (Å²) in [5, 5.41) is 12.2. The number of nitrogens with two attached hydrogens (primary N) is 1. The van der Waals surface area contributed by atoms with Gasteiger partial charge in [-0.05, 0) is 30.3 Å². The number of benzene rings is 1. The molecule has 4 nitrogen and oxygen atoms in total. The molecule has 2 aromatic rings. The zero-order chi connectivity index (χ0) is 13.8. The molecule has 2 rings (SSSR count). The number of primary amides is 1. The number of nitriles is 1. The Bertz CT molecular complexity index is 660. The zero-order valence-corrected chi connectivity index (χ0v) is 11.4. The molecule has 0 aliphatic carbocycles. The van der Waals surface area contributed by atoms with Crippen molar-refractivity contribution in [3.8, 4) is 6.07 Å². The molecule has 0 spiro atoms. The Morgan fingerprint density at radius 3 is 2.84 bits per heavy atom. The summed E-state index contributed by atoms with van der Waals surface area (Å²) in [7, 11) is 0. The van der Waals surface area contributed by atoms with Crippen LogP contribution in [-0.4, -0.2) is 5.91 Å². The van der Waals surface area contributed by atoms with Crippen LogP contribution in [0.3, 0.4) is 0 Å². The molecule has 0 saturated heterocycles. The summed E-state index contributed by atoms with van der Waals surface area (Å²) in [6.45, 7) is 0.576. The van der Waals surface area contributed by atoms with E-state index in [0.717, 1.165) is 10.6 Å². The molecule has 0 aliphatic heterocycles. The minimum atomic E-state index is -0.559. The van der Waals surface area contributed by atoms with Crippen LogP contribution in [0.15, 0.2) is 30.3 Å². The molecule has 1 amide bonds. The van der Waals surface area contributed by atoms with Crippen molar-refractivity contribution in [2.45, 2.75) is 6.54 Å². The van der Waals surface area contributed by atoms with Crippen LogP contribution in [0, 0.1) is 11.3 Å². The van der Waals surface area contributed by atoms with Crippen LogP contribution < -0.4 is 11.1 Å². The Kier molecular flexibility index (Phi) is 4.05. The number of rotatable bonds is 4. The molecule has 6 heteroatoms. The lowest BCUT2D eigenvalue weighted by atomic mass is 10.2. The van der Waals surface area contributed by atoms with Gasteiger partial charge in [0.1, 0.15) is 10.9 Å². The van der Waals surface area contributed by atoms with Gasteiger partial charge in [0.25, 0.3) is 0 Å². The van der Waals surface area contributed by atoms with Gasteiger partial charge in [-0.1, -0.05) is 11.6 Å². The van der Waals surface area contributed by atoms with Gasteiger partial charge >= 0.3 is 0 Å². The fraction of sp³-hybridized carbons (Fsp3) is 0.0769. The Labute approximate surface area is 119 Å². The second kappa shape index (κ2) is 5.74. The Hall–Kier alpha value is -2.03. The standard InChI is InChI=1S/C13H10ClN3OS/c14-12-4-1-8(5-11(12)13(16)18)17-7-10-3-2-9(6-15)19-10/h1-5,17H,7H2,(H2,16,18). The highest BCUT2D eigenvalue weighted by molar-refractivity contribution is 7.12. The van der Waals surface area contributed by atoms with Crippen molar-refractivity contribution in [3.05, 3.63) is 50.7 Å². The predicted octanol–water partition coefficient (Wildman–Crippen LogP) is 2.98. The molecule has 0 fully saturated rings. The molecule has 1 aromatic carbocycles. The summed E-state index contributed by atoms with van der Waals surface area (Å²) in [5.41, 5.74) is 6.27. The molecule has 0 bridgehead atoms. The summed E-state index contributed by atoms with van der Waals surface area (Å²) >= 11 is 7.29. The Morgan fingerprint density at radius 1 is 1.42 bits per heavy atom. The molecule has 0 atom stereocenters. The minimum absolute atomic E-state index is 0.288.